The van der Waals surface area contributed by atoms with Gasteiger partial charge in [0, 0.05) is 6.54 Å². The van der Waals surface area contributed by atoms with Gasteiger partial charge < -0.3 is 0 Å². The Balaban J connectivity index is 2.35. The van der Waals surface area contributed by atoms with E-state index in [2.05, 4.69) is 4.72 Å². The van der Waals surface area contributed by atoms with Crippen molar-refractivity contribution in [1.82, 2.24) is 4.72 Å². The first-order valence-electron chi connectivity index (χ1n) is 4.98. The van der Waals surface area contributed by atoms with Gasteiger partial charge in [-0.1, -0.05) is 19.8 Å². The van der Waals surface area contributed by atoms with Crippen molar-refractivity contribution >= 4 is 10.0 Å². The van der Waals surface area contributed by atoms with Gasteiger partial charge >= 0.3 is 0 Å². The van der Waals surface area contributed by atoms with Crippen molar-refractivity contribution in [3.8, 4) is 6.07 Å². The predicted molar refractivity (Wildman–Crippen MR) is 54.0 cm³/mol. The molecule has 0 radical (unpaired) electrons. The molecule has 0 bridgehead atoms. The molecule has 1 unspecified atom stereocenters. The quantitative estimate of drug-likeness (QED) is 0.720. The second-order valence-electron chi connectivity index (χ2n) is 3.70. The molecule has 0 aromatic rings. The molecule has 0 spiro atoms. The molecular weight excluding hydrogens is 200 g/mol. The Hall–Kier alpha value is -0.600. The second kappa shape index (κ2) is 4.76. The average molecular weight is 216 g/mol. The molecule has 1 saturated carbocycles. The Morgan fingerprint density at radius 3 is 2.64 bits per heavy atom. The standard InChI is InChI=1S/C9H16N2O2S/c1-2-9(7-10)14(12,13)11-6-5-8-3-4-8/h8-9,11H,2-6H2,1H3. The molecule has 1 aliphatic carbocycles. The normalized spacial score (nSPS) is 18.9. The maximum absolute atomic E-state index is 11.5. The fraction of sp³-hybridized carbons (Fsp3) is 0.889. The van der Waals surface area contributed by atoms with Gasteiger partial charge in [-0.3, -0.25) is 0 Å². The fourth-order valence-electron chi connectivity index (χ4n) is 1.29. The maximum atomic E-state index is 11.5. The van der Waals surface area contributed by atoms with Crippen molar-refractivity contribution in [3.05, 3.63) is 0 Å². The highest BCUT2D eigenvalue weighted by Gasteiger charge is 2.25. The van der Waals surface area contributed by atoms with E-state index in [0.29, 0.717) is 18.9 Å². The van der Waals surface area contributed by atoms with Crippen LogP contribution in [0.2, 0.25) is 0 Å². The van der Waals surface area contributed by atoms with Crippen LogP contribution in [0.1, 0.15) is 32.6 Å². The molecule has 1 rings (SSSR count). The molecule has 1 atom stereocenters. The summed E-state index contributed by atoms with van der Waals surface area (Å²) in [5.74, 6) is 0.708. The summed E-state index contributed by atoms with van der Waals surface area (Å²) in [7, 11) is -3.40. The Labute approximate surface area is 85.4 Å². The summed E-state index contributed by atoms with van der Waals surface area (Å²) in [5.41, 5.74) is 0. The SMILES string of the molecule is CCC(C#N)S(=O)(=O)NCCC1CC1. The third-order valence-corrected chi connectivity index (χ3v) is 4.24. The summed E-state index contributed by atoms with van der Waals surface area (Å²) in [6, 6.07) is 1.80. The molecule has 0 aromatic heterocycles. The number of hydrogen-bond donors (Lipinski definition) is 1. The highest BCUT2D eigenvalue weighted by Crippen LogP contribution is 2.31. The predicted octanol–water partition coefficient (Wildman–Crippen LogP) is 1.01. The number of rotatable bonds is 6. The molecule has 1 fully saturated rings. The summed E-state index contributed by atoms with van der Waals surface area (Å²) < 4.78 is 25.4. The van der Waals surface area contributed by atoms with E-state index < -0.39 is 15.3 Å². The smallest absolute Gasteiger partial charge is 0.214 e. The van der Waals surface area contributed by atoms with Crippen molar-refractivity contribution < 1.29 is 8.42 Å². The number of nitrogens with one attached hydrogen (secondary N) is 1. The fourth-order valence-corrected chi connectivity index (χ4v) is 2.47. The van der Waals surface area contributed by atoms with Gasteiger partial charge in [0.15, 0.2) is 5.25 Å². The molecule has 0 aliphatic heterocycles. The van der Waals surface area contributed by atoms with Crippen LogP contribution in [0.15, 0.2) is 0 Å². The minimum atomic E-state index is -3.40. The lowest BCUT2D eigenvalue weighted by molar-refractivity contribution is 0.566. The van der Waals surface area contributed by atoms with Gasteiger partial charge in [-0.05, 0) is 18.8 Å². The van der Waals surface area contributed by atoms with E-state index in [1.165, 1.54) is 12.8 Å². The van der Waals surface area contributed by atoms with E-state index in [1.807, 2.05) is 0 Å². The first kappa shape index (κ1) is 11.5. The Morgan fingerprint density at radius 1 is 1.57 bits per heavy atom. The number of sulfonamides is 1. The lowest BCUT2D eigenvalue weighted by Gasteiger charge is -2.09. The molecule has 1 aliphatic rings. The van der Waals surface area contributed by atoms with Gasteiger partial charge in [0.2, 0.25) is 10.0 Å². The van der Waals surface area contributed by atoms with Crippen molar-refractivity contribution in [2.75, 3.05) is 6.54 Å². The van der Waals surface area contributed by atoms with Gasteiger partial charge in [0.05, 0.1) is 6.07 Å². The first-order valence-corrected chi connectivity index (χ1v) is 6.53. The molecule has 0 aromatic carbocycles. The van der Waals surface area contributed by atoms with Crippen LogP contribution < -0.4 is 4.72 Å². The Kier molecular flexibility index (Phi) is 3.90. The molecule has 5 heteroatoms. The van der Waals surface area contributed by atoms with Crippen molar-refractivity contribution in [3.63, 3.8) is 0 Å². The zero-order chi connectivity index (χ0) is 10.6. The van der Waals surface area contributed by atoms with Crippen molar-refractivity contribution in [2.45, 2.75) is 37.9 Å². The van der Waals surface area contributed by atoms with Crippen LogP contribution in [-0.4, -0.2) is 20.2 Å². The Bertz CT molecular complexity index is 314. The zero-order valence-electron chi connectivity index (χ0n) is 8.36. The molecule has 0 amide bonds. The second-order valence-corrected chi connectivity index (χ2v) is 5.65. The van der Waals surface area contributed by atoms with Gasteiger partial charge in [-0.2, -0.15) is 5.26 Å². The lowest BCUT2D eigenvalue weighted by Crippen LogP contribution is -2.33. The third-order valence-electron chi connectivity index (χ3n) is 2.44. The number of nitrogens with zero attached hydrogens (tertiary/aromatic N) is 1. The third kappa shape index (κ3) is 3.28. The molecular formula is C9H16N2O2S. The van der Waals surface area contributed by atoms with Crippen LogP contribution in [0, 0.1) is 17.2 Å². The minimum absolute atomic E-state index is 0.343. The van der Waals surface area contributed by atoms with Crippen LogP contribution in [0.25, 0.3) is 0 Å². The molecule has 1 N–H and O–H groups in total. The maximum Gasteiger partial charge on any atom is 0.227 e. The van der Waals surface area contributed by atoms with Gasteiger partial charge in [0.1, 0.15) is 0 Å². The van der Waals surface area contributed by atoms with Crippen LogP contribution in [-0.2, 0) is 10.0 Å². The highest BCUT2D eigenvalue weighted by atomic mass is 32.2. The average Bonchev–Trinajstić information content (AvgIpc) is 2.89. The van der Waals surface area contributed by atoms with Crippen molar-refractivity contribution in [1.29, 1.82) is 5.26 Å². The van der Waals surface area contributed by atoms with Gasteiger partial charge in [-0.25, -0.2) is 13.1 Å². The van der Waals surface area contributed by atoms with E-state index in [-0.39, 0.29) is 0 Å². The first-order chi connectivity index (χ1) is 6.60. The molecule has 14 heavy (non-hydrogen) atoms. The molecule has 0 saturated heterocycles. The zero-order valence-corrected chi connectivity index (χ0v) is 9.18. The molecule has 80 valence electrons. The number of nitriles is 1. The molecule has 0 heterocycles. The van der Waals surface area contributed by atoms with Crippen LogP contribution >= 0.6 is 0 Å². The van der Waals surface area contributed by atoms with Crippen LogP contribution in [0.5, 0.6) is 0 Å². The summed E-state index contributed by atoms with van der Waals surface area (Å²) in [5, 5.41) is 7.71. The van der Waals surface area contributed by atoms with E-state index in [1.54, 1.807) is 13.0 Å². The number of hydrogen-bond acceptors (Lipinski definition) is 3. The monoisotopic (exact) mass is 216 g/mol. The van der Waals surface area contributed by atoms with Crippen LogP contribution in [0.4, 0.5) is 0 Å². The van der Waals surface area contributed by atoms with E-state index in [0.717, 1.165) is 6.42 Å². The van der Waals surface area contributed by atoms with E-state index >= 15 is 0 Å². The summed E-state index contributed by atoms with van der Waals surface area (Å²) >= 11 is 0. The van der Waals surface area contributed by atoms with Gasteiger partial charge in [0.25, 0.3) is 0 Å². The van der Waals surface area contributed by atoms with Gasteiger partial charge in [-0.15, -0.1) is 0 Å². The minimum Gasteiger partial charge on any atom is -0.214 e. The van der Waals surface area contributed by atoms with Crippen LogP contribution in [0.3, 0.4) is 0 Å². The lowest BCUT2D eigenvalue weighted by atomic mass is 10.3. The Morgan fingerprint density at radius 2 is 2.21 bits per heavy atom. The highest BCUT2D eigenvalue weighted by molar-refractivity contribution is 7.90. The van der Waals surface area contributed by atoms with Crippen molar-refractivity contribution in [2.24, 2.45) is 5.92 Å². The molecule has 4 nitrogen and oxygen atoms in total. The summed E-state index contributed by atoms with van der Waals surface area (Å²) in [6.07, 6.45) is 3.69. The summed E-state index contributed by atoms with van der Waals surface area (Å²) in [4.78, 5) is 0. The topological polar surface area (TPSA) is 70.0 Å². The van der Waals surface area contributed by atoms with E-state index in [9.17, 15) is 8.42 Å². The van der Waals surface area contributed by atoms with E-state index in [4.69, 9.17) is 5.26 Å². The largest absolute Gasteiger partial charge is 0.227 e. The summed E-state index contributed by atoms with van der Waals surface area (Å²) in [6.45, 7) is 2.18.